The maximum absolute atomic E-state index is 11.9. The molecule has 3 heterocycles. The first-order valence-electron chi connectivity index (χ1n) is 6.38. The Labute approximate surface area is 105 Å². The van der Waals surface area contributed by atoms with Crippen molar-refractivity contribution in [3.63, 3.8) is 0 Å². The topological polar surface area (TPSA) is 52.9 Å². The molecule has 4 rings (SSSR count). The molecule has 0 unspecified atom stereocenters. The summed E-state index contributed by atoms with van der Waals surface area (Å²) in [6, 6.07) is 8.00. The van der Waals surface area contributed by atoms with Crippen molar-refractivity contribution in [1.29, 1.82) is 0 Å². The molecule has 1 spiro atoms. The third kappa shape index (κ3) is 1.04. The molecule has 92 valence electrons. The van der Waals surface area contributed by atoms with E-state index in [0.717, 1.165) is 17.0 Å². The Hall–Kier alpha value is -1.68. The number of carbonyl (C=O) groups is 1. The SMILES string of the molecule is O=C1C[C@]23C(=Nc4ccccc42)C[C@H](O)CCN13. The van der Waals surface area contributed by atoms with E-state index in [1.54, 1.807) is 0 Å². The molecule has 4 heteroatoms. The minimum atomic E-state index is -0.381. The first kappa shape index (κ1) is 10.3. The van der Waals surface area contributed by atoms with Gasteiger partial charge in [-0.3, -0.25) is 9.79 Å². The Morgan fingerprint density at radius 2 is 2.22 bits per heavy atom. The third-order valence-corrected chi connectivity index (χ3v) is 4.37. The summed E-state index contributed by atoms with van der Waals surface area (Å²) in [7, 11) is 0. The molecule has 18 heavy (non-hydrogen) atoms. The van der Waals surface area contributed by atoms with Crippen molar-refractivity contribution < 1.29 is 9.90 Å². The Balaban J connectivity index is 1.91. The van der Waals surface area contributed by atoms with Crippen LogP contribution < -0.4 is 0 Å². The molecular formula is C14H14N2O2. The maximum Gasteiger partial charge on any atom is 0.226 e. The molecule has 0 radical (unpaired) electrons. The molecule has 2 atom stereocenters. The van der Waals surface area contributed by atoms with E-state index in [1.807, 2.05) is 23.1 Å². The highest BCUT2D eigenvalue weighted by atomic mass is 16.3. The van der Waals surface area contributed by atoms with Gasteiger partial charge in [-0.15, -0.1) is 0 Å². The van der Waals surface area contributed by atoms with Crippen molar-refractivity contribution >= 4 is 17.3 Å². The van der Waals surface area contributed by atoms with Gasteiger partial charge >= 0.3 is 0 Å². The number of amides is 1. The van der Waals surface area contributed by atoms with E-state index in [4.69, 9.17) is 0 Å². The van der Waals surface area contributed by atoms with Crippen LogP contribution in [-0.2, 0) is 10.3 Å². The van der Waals surface area contributed by atoms with Crippen molar-refractivity contribution in [2.45, 2.75) is 30.9 Å². The van der Waals surface area contributed by atoms with Crippen LogP contribution >= 0.6 is 0 Å². The van der Waals surface area contributed by atoms with Crippen LogP contribution in [0.5, 0.6) is 0 Å². The quantitative estimate of drug-likeness (QED) is 0.698. The lowest BCUT2D eigenvalue weighted by atomic mass is 9.74. The van der Waals surface area contributed by atoms with E-state index in [2.05, 4.69) is 11.1 Å². The van der Waals surface area contributed by atoms with E-state index in [1.165, 1.54) is 0 Å². The van der Waals surface area contributed by atoms with Crippen molar-refractivity contribution in [1.82, 2.24) is 4.90 Å². The normalized spacial score (nSPS) is 32.9. The summed E-state index contributed by atoms with van der Waals surface area (Å²) >= 11 is 0. The molecule has 0 saturated carbocycles. The van der Waals surface area contributed by atoms with E-state index in [0.29, 0.717) is 25.8 Å². The lowest BCUT2D eigenvalue weighted by Crippen LogP contribution is -2.63. The second-order valence-electron chi connectivity index (χ2n) is 5.30. The number of aliphatic hydroxyl groups excluding tert-OH is 1. The molecular weight excluding hydrogens is 228 g/mol. The third-order valence-electron chi connectivity index (χ3n) is 4.37. The van der Waals surface area contributed by atoms with Crippen LogP contribution in [0, 0.1) is 0 Å². The van der Waals surface area contributed by atoms with Gasteiger partial charge in [0, 0.05) is 18.5 Å². The number of hydrogen-bond donors (Lipinski definition) is 1. The van der Waals surface area contributed by atoms with E-state index < -0.39 is 0 Å². The van der Waals surface area contributed by atoms with Crippen LogP contribution in [0.4, 0.5) is 5.69 Å². The molecule has 1 aromatic carbocycles. The first-order chi connectivity index (χ1) is 8.72. The summed E-state index contributed by atoms with van der Waals surface area (Å²) in [6.07, 6.45) is 1.36. The number of hydrogen-bond acceptors (Lipinski definition) is 3. The average molecular weight is 242 g/mol. The van der Waals surface area contributed by atoms with Crippen molar-refractivity contribution in [3.8, 4) is 0 Å². The molecule has 2 saturated heterocycles. The number of rotatable bonds is 0. The summed E-state index contributed by atoms with van der Waals surface area (Å²) in [6.45, 7) is 0.632. The van der Waals surface area contributed by atoms with Crippen LogP contribution in [0.1, 0.15) is 24.8 Å². The molecule has 1 aromatic rings. The average Bonchev–Trinajstić information content (AvgIpc) is 2.60. The Morgan fingerprint density at radius 1 is 1.39 bits per heavy atom. The summed E-state index contributed by atoms with van der Waals surface area (Å²) in [5.41, 5.74) is 2.73. The molecule has 0 bridgehead atoms. The van der Waals surface area contributed by atoms with Gasteiger partial charge in [-0.2, -0.15) is 0 Å². The minimum absolute atomic E-state index is 0.175. The zero-order valence-corrected chi connectivity index (χ0v) is 9.97. The fraction of sp³-hybridized carbons (Fsp3) is 0.429. The Bertz CT molecular complexity index is 581. The number of para-hydroxylation sites is 1. The highest BCUT2D eigenvalue weighted by Gasteiger charge is 2.59. The van der Waals surface area contributed by atoms with Gasteiger partial charge in [-0.1, -0.05) is 18.2 Å². The number of fused-ring (bicyclic) bond motifs is 1. The number of nitrogens with zero attached hydrogens (tertiary/aromatic N) is 2. The van der Waals surface area contributed by atoms with Crippen LogP contribution in [0.2, 0.25) is 0 Å². The number of aliphatic imine (C=N–C) groups is 1. The van der Waals surface area contributed by atoms with Gasteiger partial charge < -0.3 is 10.0 Å². The molecule has 3 aliphatic heterocycles. The number of β-lactam (4-membered cyclic amide) rings is 1. The fourth-order valence-corrected chi connectivity index (χ4v) is 3.48. The number of carbonyl (C=O) groups excluding carboxylic acids is 1. The smallest absolute Gasteiger partial charge is 0.226 e. The summed E-state index contributed by atoms with van der Waals surface area (Å²) in [5.74, 6) is 0.175. The van der Waals surface area contributed by atoms with Gasteiger partial charge in [0.25, 0.3) is 0 Å². The van der Waals surface area contributed by atoms with Gasteiger partial charge in [-0.05, 0) is 12.5 Å². The molecule has 0 aliphatic carbocycles. The number of benzene rings is 1. The largest absolute Gasteiger partial charge is 0.393 e. The maximum atomic E-state index is 11.9. The van der Waals surface area contributed by atoms with Gasteiger partial charge in [0.05, 0.1) is 23.9 Å². The molecule has 1 N–H and O–H groups in total. The summed E-state index contributed by atoms with van der Waals surface area (Å²) < 4.78 is 0. The fourth-order valence-electron chi connectivity index (χ4n) is 3.48. The van der Waals surface area contributed by atoms with Gasteiger partial charge in [0.2, 0.25) is 5.91 Å². The van der Waals surface area contributed by atoms with Gasteiger partial charge in [0.1, 0.15) is 5.54 Å². The van der Waals surface area contributed by atoms with Gasteiger partial charge in [-0.25, -0.2) is 0 Å². The zero-order chi connectivity index (χ0) is 12.3. The predicted octanol–water partition coefficient (Wildman–Crippen LogP) is 1.35. The lowest BCUT2D eigenvalue weighted by Gasteiger charge is -2.50. The van der Waals surface area contributed by atoms with Crippen LogP contribution in [0.25, 0.3) is 0 Å². The Kier molecular flexibility index (Phi) is 1.83. The highest BCUT2D eigenvalue weighted by molar-refractivity contribution is 6.10. The van der Waals surface area contributed by atoms with Gasteiger partial charge in [0.15, 0.2) is 0 Å². The molecule has 3 aliphatic rings. The molecule has 1 amide bonds. The van der Waals surface area contributed by atoms with E-state index in [-0.39, 0.29) is 17.6 Å². The molecule has 0 aromatic heterocycles. The minimum Gasteiger partial charge on any atom is -0.393 e. The second kappa shape index (κ2) is 3.20. The van der Waals surface area contributed by atoms with Crippen LogP contribution in [0.15, 0.2) is 29.3 Å². The summed E-state index contributed by atoms with van der Waals surface area (Å²) in [4.78, 5) is 18.4. The summed E-state index contributed by atoms with van der Waals surface area (Å²) in [5, 5.41) is 9.94. The zero-order valence-electron chi connectivity index (χ0n) is 9.97. The molecule has 2 fully saturated rings. The van der Waals surface area contributed by atoms with E-state index in [9.17, 15) is 9.90 Å². The van der Waals surface area contributed by atoms with Crippen LogP contribution in [0.3, 0.4) is 0 Å². The number of aliphatic hydroxyl groups is 1. The standard InChI is InChI=1S/C14H14N2O2/c17-9-5-6-16-13(18)8-14(16)10-3-1-2-4-11(10)15-12(14)7-9/h1-4,9,17H,5-8H2/t9-,14-/m1/s1. The van der Waals surface area contributed by atoms with Crippen molar-refractivity contribution in [3.05, 3.63) is 29.8 Å². The monoisotopic (exact) mass is 242 g/mol. The highest BCUT2D eigenvalue weighted by Crippen LogP contribution is 2.52. The van der Waals surface area contributed by atoms with Crippen molar-refractivity contribution in [2.75, 3.05) is 6.54 Å². The van der Waals surface area contributed by atoms with E-state index >= 15 is 0 Å². The molecule has 4 nitrogen and oxygen atoms in total. The Morgan fingerprint density at radius 3 is 3.06 bits per heavy atom. The predicted molar refractivity (Wildman–Crippen MR) is 66.8 cm³/mol. The first-order valence-corrected chi connectivity index (χ1v) is 6.38. The van der Waals surface area contributed by atoms with Crippen molar-refractivity contribution in [2.24, 2.45) is 4.99 Å². The lowest BCUT2D eigenvalue weighted by molar-refractivity contribution is -0.151. The second-order valence-corrected chi connectivity index (χ2v) is 5.30. The van der Waals surface area contributed by atoms with Crippen LogP contribution in [-0.4, -0.2) is 34.3 Å².